The molecule has 4 rings (SSSR count). The number of hydrogen-bond donors (Lipinski definition) is 2. The van der Waals surface area contributed by atoms with Crippen LogP contribution >= 0.6 is 0 Å². The van der Waals surface area contributed by atoms with Gasteiger partial charge in [-0.05, 0) is 73.6 Å². The van der Waals surface area contributed by atoms with Gasteiger partial charge in [-0.2, -0.15) is 0 Å². The Kier molecular flexibility index (Phi) is 6.02. The molecule has 1 aliphatic carbocycles. The number of rotatable bonds is 6. The normalized spacial score (nSPS) is 23.1. The van der Waals surface area contributed by atoms with Gasteiger partial charge in [0.25, 0.3) is 0 Å². The molecule has 2 fully saturated rings. The summed E-state index contributed by atoms with van der Waals surface area (Å²) in [6.45, 7) is 1.41. The lowest BCUT2D eigenvalue weighted by atomic mass is 10.0. The van der Waals surface area contributed by atoms with E-state index in [1.807, 2.05) is 48.5 Å². The number of aliphatic hydroxyl groups is 1. The number of benzene rings is 2. The van der Waals surface area contributed by atoms with Gasteiger partial charge in [0, 0.05) is 19.3 Å². The number of nitrogens with zero attached hydrogens (tertiary/aromatic N) is 1. The fourth-order valence-corrected chi connectivity index (χ4v) is 4.39. The van der Waals surface area contributed by atoms with Crippen LogP contribution in [-0.2, 0) is 11.2 Å². The van der Waals surface area contributed by atoms with Crippen molar-refractivity contribution >= 4 is 11.7 Å². The molecular formula is C23H28N2O4. The Bertz CT molecular complexity index is 822. The first-order valence-electron chi connectivity index (χ1n) is 10.3. The van der Waals surface area contributed by atoms with Crippen molar-refractivity contribution in [3.8, 4) is 11.5 Å². The summed E-state index contributed by atoms with van der Waals surface area (Å²) in [5.41, 5.74) is 1.92. The quantitative estimate of drug-likeness (QED) is 0.773. The molecular weight excluding hydrogens is 368 g/mol. The van der Waals surface area contributed by atoms with Crippen molar-refractivity contribution in [1.82, 2.24) is 4.90 Å². The van der Waals surface area contributed by atoms with Gasteiger partial charge in [0.05, 0.1) is 18.8 Å². The molecule has 1 aliphatic heterocycles. The number of carbonyl (C=O) groups excluding carboxylic acids is 1. The summed E-state index contributed by atoms with van der Waals surface area (Å²) in [6.07, 6.45) is 3.26. The van der Waals surface area contributed by atoms with Crippen LogP contribution in [-0.4, -0.2) is 48.4 Å². The summed E-state index contributed by atoms with van der Waals surface area (Å²) in [7, 11) is 1.70. The summed E-state index contributed by atoms with van der Waals surface area (Å²) in [5.74, 6) is 1.91. The lowest BCUT2D eigenvalue weighted by Crippen LogP contribution is -2.44. The molecule has 1 heterocycles. The predicted octanol–water partition coefficient (Wildman–Crippen LogP) is 4.04. The fraction of sp³-hybridized carbons (Fsp3) is 0.435. The van der Waals surface area contributed by atoms with E-state index in [1.54, 1.807) is 12.0 Å². The molecule has 1 saturated heterocycles. The number of hydrogen-bond acceptors (Lipinski definition) is 4. The Morgan fingerprint density at radius 3 is 2.45 bits per heavy atom. The van der Waals surface area contributed by atoms with Gasteiger partial charge in [-0.3, -0.25) is 0 Å². The Morgan fingerprint density at radius 1 is 1.07 bits per heavy atom. The summed E-state index contributed by atoms with van der Waals surface area (Å²) >= 11 is 0. The number of likely N-dealkylation sites (tertiary alicyclic amines) is 1. The van der Waals surface area contributed by atoms with E-state index in [0.717, 1.165) is 31.4 Å². The molecule has 3 atom stereocenters. The minimum atomic E-state index is -0.398. The molecule has 0 aromatic heterocycles. The van der Waals surface area contributed by atoms with Crippen molar-refractivity contribution < 1.29 is 19.4 Å². The molecule has 1 saturated carbocycles. The van der Waals surface area contributed by atoms with Gasteiger partial charge < -0.3 is 24.8 Å². The lowest BCUT2D eigenvalue weighted by molar-refractivity contribution is 0.101. The molecule has 2 aromatic rings. The average molecular weight is 396 g/mol. The zero-order valence-corrected chi connectivity index (χ0v) is 16.7. The average Bonchev–Trinajstić information content (AvgIpc) is 3.32. The van der Waals surface area contributed by atoms with Crippen LogP contribution in [0.15, 0.2) is 48.5 Å². The van der Waals surface area contributed by atoms with Gasteiger partial charge in [0.2, 0.25) is 0 Å². The third-order valence-electron chi connectivity index (χ3n) is 5.93. The highest BCUT2D eigenvalue weighted by atomic mass is 16.5. The number of aliphatic hydroxyl groups excluding tert-OH is 1. The largest absolute Gasteiger partial charge is 0.457 e. The maximum atomic E-state index is 12.6. The van der Waals surface area contributed by atoms with E-state index >= 15 is 0 Å². The first kappa shape index (κ1) is 19.7. The van der Waals surface area contributed by atoms with Gasteiger partial charge in [0.1, 0.15) is 11.5 Å². The lowest BCUT2D eigenvalue weighted by Gasteiger charge is -2.27. The van der Waals surface area contributed by atoms with Gasteiger partial charge in [-0.15, -0.1) is 0 Å². The Labute approximate surface area is 171 Å². The smallest absolute Gasteiger partial charge is 0.322 e. The topological polar surface area (TPSA) is 71.0 Å². The van der Waals surface area contributed by atoms with Crippen molar-refractivity contribution in [1.29, 1.82) is 0 Å². The number of ether oxygens (including phenoxy) is 2. The molecule has 6 nitrogen and oxygen atoms in total. The highest BCUT2D eigenvalue weighted by Gasteiger charge is 2.45. The third kappa shape index (κ3) is 4.54. The minimum absolute atomic E-state index is 0.0375. The highest BCUT2D eigenvalue weighted by Crippen LogP contribution is 2.38. The first-order valence-corrected chi connectivity index (χ1v) is 10.3. The molecule has 2 N–H and O–H groups in total. The van der Waals surface area contributed by atoms with Crippen LogP contribution in [0.3, 0.4) is 0 Å². The van der Waals surface area contributed by atoms with E-state index < -0.39 is 6.10 Å². The second-order valence-corrected chi connectivity index (χ2v) is 7.82. The summed E-state index contributed by atoms with van der Waals surface area (Å²) in [5, 5.41) is 13.1. The van der Waals surface area contributed by atoms with E-state index in [-0.39, 0.29) is 12.1 Å². The van der Waals surface area contributed by atoms with E-state index in [9.17, 15) is 9.90 Å². The van der Waals surface area contributed by atoms with Crippen LogP contribution in [0.1, 0.15) is 24.8 Å². The number of anilines is 1. The molecule has 0 spiro atoms. The Morgan fingerprint density at radius 2 is 1.76 bits per heavy atom. The SMILES string of the molecule is COCCc1ccc(Oc2ccc(NC(=O)N3CC[C@@H]4CC[C@@H](O)[C@@H]43)cc2)cc1. The maximum absolute atomic E-state index is 12.6. The maximum Gasteiger partial charge on any atom is 0.322 e. The second-order valence-electron chi connectivity index (χ2n) is 7.82. The summed E-state index contributed by atoms with van der Waals surface area (Å²) in [4.78, 5) is 14.4. The number of fused-ring (bicyclic) bond motifs is 1. The molecule has 0 bridgehead atoms. The molecule has 6 heteroatoms. The van der Waals surface area contributed by atoms with Crippen LogP contribution in [0.4, 0.5) is 10.5 Å². The summed E-state index contributed by atoms with van der Waals surface area (Å²) in [6, 6.07) is 15.1. The van der Waals surface area contributed by atoms with Crippen molar-refractivity contribution in [3.05, 3.63) is 54.1 Å². The van der Waals surface area contributed by atoms with Crippen molar-refractivity contribution in [2.45, 2.75) is 37.8 Å². The van der Waals surface area contributed by atoms with Crippen LogP contribution < -0.4 is 10.1 Å². The molecule has 0 radical (unpaired) electrons. The number of amides is 2. The van der Waals surface area contributed by atoms with Crippen molar-refractivity contribution in [2.24, 2.45) is 5.92 Å². The number of methoxy groups -OCH3 is 1. The zero-order valence-electron chi connectivity index (χ0n) is 16.7. The molecule has 154 valence electrons. The van der Waals surface area contributed by atoms with Gasteiger partial charge in [-0.1, -0.05) is 12.1 Å². The summed E-state index contributed by atoms with van der Waals surface area (Å²) < 4.78 is 11.0. The van der Waals surface area contributed by atoms with Crippen molar-refractivity contribution in [3.63, 3.8) is 0 Å². The van der Waals surface area contributed by atoms with E-state index in [2.05, 4.69) is 5.32 Å². The Hall–Kier alpha value is -2.57. The van der Waals surface area contributed by atoms with Crippen LogP contribution in [0.25, 0.3) is 0 Å². The van der Waals surface area contributed by atoms with Gasteiger partial charge in [-0.25, -0.2) is 4.79 Å². The molecule has 2 amide bonds. The molecule has 0 unspecified atom stereocenters. The predicted molar refractivity (Wildman–Crippen MR) is 111 cm³/mol. The number of urea groups is 1. The molecule has 29 heavy (non-hydrogen) atoms. The molecule has 2 aliphatic rings. The van der Waals surface area contributed by atoms with Crippen LogP contribution in [0.5, 0.6) is 11.5 Å². The van der Waals surface area contributed by atoms with Crippen molar-refractivity contribution in [2.75, 3.05) is 25.6 Å². The van der Waals surface area contributed by atoms with Gasteiger partial charge in [0.15, 0.2) is 0 Å². The van der Waals surface area contributed by atoms with Crippen LogP contribution in [0.2, 0.25) is 0 Å². The monoisotopic (exact) mass is 396 g/mol. The minimum Gasteiger partial charge on any atom is -0.457 e. The standard InChI is InChI=1S/C23H28N2O4/c1-28-15-13-16-2-7-19(8-3-16)29-20-9-5-18(6-10-20)24-23(27)25-14-12-17-4-11-21(26)22(17)25/h2-3,5-10,17,21-22,26H,4,11-15H2,1H3,(H,24,27)/t17-,21+,22+/m0/s1. The first-order chi connectivity index (χ1) is 14.1. The number of carbonyl (C=O) groups is 1. The van der Waals surface area contributed by atoms with E-state index in [0.29, 0.717) is 30.5 Å². The second kappa shape index (κ2) is 8.84. The number of nitrogens with one attached hydrogen (secondary N) is 1. The highest BCUT2D eigenvalue weighted by molar-refractivity contribution is 5.89. The zero-order chi connectivity index (χ0) is 20.2. The Balaban J connectivity index is 1.32. The molecule has 2 aromatic carbocycles. The van der Waals surface area contributed by atoms with E-state index in [4.69, 9.17) is 9.47 Å². The fourth-order valence-electron chi connectivity index (χ4n) is 4.39. The van der Waals surface area contributed by atoms with E-state index in [1.165, 1.54) is 5.56 Å². The van der Waals surface area contributed by atoms with Gasteiger partial charge >= 0.3 is 6.03 Å². The third-order valence-corrected chi connectivity index (χ3v) is 5.93. The van der Waals surface area contributed by atoms with Crippen LogP contribution in [0, 0.1) is 5.92 Å².